The number of nitrogens with zero attached hydrogens (tertiary/aromatic N) is 3. The zero-order chi connectivity index (χ0) is 15.0. The lowest BCUT2D eigenvalue weighted by Gasteiger charge is -2.44. The predicted octanol–water partition coefficient (Wildman–Crippen LogP) is -0.0354. The first-order valence-electron chi connectivity index (χ1n) is 7.16. The van der Waals surface area contributed by atoms with Gasteiger partial charge in [0, 0.05) is 39.3 Å². The predicted molar refractivity (Wildman–Crippen MR) is 77.9 cm³/mol. The van der Waals surface area contributed by atoms with Crippen LogP contribution in [0.1, 0.15) is 25.7 Å². The third kappa shape index (κ3) is 2.99. The zero-order valence-corrected chi connectivity index (χ0v) is 13.4. The maximum absolute atomic E-state index is 12.4. The molecule has 0 atom stereocenters. The van der Waals surface area contributed by atoms with Crippen LogP contribution >= 0.6 is 0 Å². The summed E-state index contributed by atoms with van der Waals surface area (Å²) in [5, 5.41) is 0. The van der Waals surface area contributed by atoms with Crippen molar-refractivity contribution < 1.29 is 13.2 Å². The highest BCUT2D eigenvalue weighted by molar-refractivity contribution is 7.89. The zero-order valence-electron chi connectivity index (χ0n) is 12.6. The summed E-state index contributed by atoms with van der Waals surface area (Å²) in [5.74, 6) is -0.641. The standard InChI is InChI=1S/C13H25N3O3S/c1-14(2)20(18,19)11-12(17)16-8-4-5-13(16)6-9-15(3)10-7-13/h4-11H2,1-3H3. The van der Waals surface area contributed by atoms with Crippen molar-refractivity contribution in [1.29, 1.82) is 0 Å². The van der Waals surface area contributed by atoms with Gasteiger partial charge in [0.15, 0.2) is 0 Å². The molecule has 2 aliphatic heterocycles. The average Bonchev–Trinajstić information content (AvgIpc) is 2.76. The molecule has 0 bridgehead atoms. The summed E-state index contributed by atoms with van der Waals surface area (Å²) in [4.78, 5) is 16.5. The molecule has 0 aromatic carbocycles. The van der Waals surface area contributed by atoms with Crippen LogP contribution < -0.4 is 0 Å². The Labute approximate surface area is 121 Å². The van der Waals surface area contributed by atoms with E-state index < -0.39 is 15.8 Å². The SMILES string of the molecule is CN1CCC2(CCCN2C(=O)CS(=O)(=O)N(C)C)CC1. The minimum Gasteiger partial charge on any atom is -0.336 e. The molecule has 20 heavy (non-hydrogen) atoms. The van der Waals surface area contributed by atoms with Gasteiger partial charge in [0.05, 0.1) is 0 Å². The van der Waals surface area contributed by atoms with Gasteiger partial charge < -0.3 is 9.80 Å². The number of carbonyl (C=O) groups excluding carboxylic acids is 1. The molecular formula is C13H25N3O3S. The van der Waals surface area contributed by atoms with E-state index in [2.05, 4.69) is 11.9 Å². The first-order valence-corrected chi connectivity index (χ1v) is 8.77. The lowest BCUT2D eigenvalue weighted by Crippen LogP contribution is -2.54. The van der Waals surface area contributed by atoms with Crippen LogP contribution in [0.25, 0.3) is 0 Å². The fraction of sp³-hybridized carbons (Fsp3) is 0.923. The Morgan fingerprint density at radius 2 is 1.75 bits per heavy atom. The van der Waals surface area contributed by atoms with Crippen LogP contribution in [-0.4, -0.2) is 80.5 Å². The molecule has 0 aliphatic carbocycles. The molecule has 6 nitrogen and oxygen atoms in total. The highest BCUT2D eigenvalue weighted by atomic mass is 32.2. The van der Waals surface area contributed by atoms with E-state index in [1.807, 2.05) is 4.90 Å². The minimum atomic E-state index is -3.47. The summed E-state index contributed by atoms with van der Waals surface area (Å²) in [6, 6.07) is 0. The van der Waals surface area contributed by atoms with Gasteiger partial charge in [-0.25, -0.2) is 12.7 Å². The van der Waals surface area contributed by atoms with Gasteiger partial charge in [-0.15, -0.1) is 0 Å². The van der Waals surface area contributed by atoms with E-state index in [-0.39, 0.29) is 11.4 Å². The van der Waals surface area contributed by atoms with Gasteiger partial charge in [0.2, 0.25) is 15.9 Å². The Bertz CT molecular complexity index is 467. The van der Waals surface area contributed by atoms with Crippen molar-refractivity contribution in [3.63, 3.8) is 0 Å². The Morgan fingerprint density at radius 3 is 2.30 bits per heavy atom. The van der Waals surface area contributed by atoms with Crippen LogP contribution in [0.4, 0.5) is 0 Å². The fourth-order valence-corrected chi connectivity index (χ4v) is 3.97. The molecular weight excluding hydrogens is 278 g/mol. The molecule has 0 radical (unpaired) electrons. The molecule has 0 unspecified atom stereocenters. The van der Waals surface area contributed by atoms with Crippen molar-refractivity contribution >= 4 is 15.9 Å². The van der Waals surface area contributed by atoms with Crippen LogP contribution in [0, 0.1) is 0 Å². The lowest BCUT2D eigenvalue weighted by atomic mass is 9.85. The van der Waals surface area contributed by atoms with Crippen LogP contribution in [-0.2, 0) is 14.8 Å². The van der Waals surface area contributed by atoms with Gasteiger partial charge >= 0.3 is 0 Å². The fourth-order valence-electron chi connectivity index (χ4n) is 3.25. The number of hydrogen-bond donors (Lipinski definition) is 0. The van der Waals surface area contributed by atoms with Gasteiger partial charge in [-0.05, 0) is 32.7 Å². The molecule has 2 heterocycles. The Hall–Kier alpha value is -0.660. The molecule has 2 rings (SSSR count). The van der Waals surface area contributed by atoms with Crippen molar-refractivity contribution in [2.24, 2.45) is 0 Å². The smallest absolute Gasteiger partial charge is 0.239 e. The van der Waals surface area contributed by atoms with Gasteiger partial charge in [-0.3, -0.25) is 4.79 Å². The summed E-state index contributed by atoms with van der Waals surface area (Å²) in [6.07, 6.45) is 3.90. The molecule has 2 fully saturated rings. The third-order valence-electron chi connectivity index (χ3n) is 4.68. The molecule has 0 aromatic heterocycles. The second kappa shape index (κ2) is 5.61. The molecule has 0 N–H and O–H groups in total. The summed E-state index contributed by atoms with van der Waals surface area (Å²) < 4.78 is 24.9. The molecule has 1 amide bonds. The van der Waals surface area contributed by atoms with E-state index in [1.165, 1.54) is 14.1 Å². The molecule has 116 valence electrons. The number of likely N-dealkylation sites (tertiary alicyclic amines) is 2. The summed E-state index contributed by atoms with van der Waals surface area (Å²) in [5.41, 5.74) is -0.0918. The maximum atomic E-state index is 12.4. The second-order valence-electron chi connectivity index (χ2n) is 6.22. The van der Waals surface area contributed by atoms with Crippen molar-refractivity contribution in [3.8, 4) is 0 Å². The molecule has 0 aromatic rings. The van der Waals surface area contributed by atoms with Crippen molar-refractivity contribution in [2.45, 2.75) is 31.2 Å². The molecule has 2 aliphatic rings. The number of amides is 1. The van der Waals surface area contributed by atoms with Crippen LogP contribution in [0.5, 0.6) is 0 Å². The monoisotopic (exact) mass is 303 g/mol. The topological polar surface area (TPSA) is 60.9 Å². The highest BCUT2D eigenvalue weighted by Crippen LogP contribution is 2.38. The van der Waals surface area contributed by atoms with Crippen LogP contribution in [0.2, 0.25) is 0 Å². The number of rotatable bonds is 3. The molecule has 1 spiro atoms. The minimum absolute atomic E-state index is 0.0918. The van der Waals surface area contributed by atoms with E-state index in [0.717, 1.165) is 43.1 Å². The quantitative estimate of drug-likeness (QED) is 0.734. The van der Waals surface area contributed by atoms with E-state index >= 15 is 0 Å². The Balaban J connectivity index is 2.09. The molecule has 2 saturated heterocycles. The number of sulfonamides is 1. The van der Waals surface area contributed by atoms with Crippen molar-refractivity contribution in [3.05, 3.63) is 0 Å². The Kier molecular flexibility index (Phi) is 4.41. The van der Waals surface area contributed by atoms with Crippen LogP contribution in [0.3, 0.4) is 0 Å². The third-order valence-corrected chi connectivity index (χ3v) is 6.40. The summed E-state index contributed by atoms with van der Waals surface area (Å²) in [7, 11) is 1.56. The first kappa shape index (κ1) is 15.7. The first-order chi connectivity index (χ1) is 9.27. The van der Waals surface area contributed by atoms with Gasteiger partial charge in [-0.2, -0.15) is 0 Å². The number of hydrogen-bond acceptors (Lipinski definition) is 4. The van der Waals surface area contributed by atoms with Gasteiger partial charge in [0.1, 0.15) is 5.75 Å². The average molecular weight is 303 g/mol. The van der Waals surface area contributed by atoms with Crippen molar-refractivity contribution in [1.82, 2.24) is 14.1 Å². The van der Waals surface area contributed by atoms with Crippen molar-refractivity contribution in [2.75, 3.05) is 46.5 Å². The number of carbonyl (C=O) groups is 1. The summed E-state index contributed by atoms with van der Waals surface area (Å²) in [6.45, 7) is 2.65. The normalized spacial score (nSPS) is 23.7. The summed E-state index contributed by atoms with van der Waals surface area (Å²) >= 11 is 0. The second-order valence-corrected chi connectivity index (χ2v) is 8.40. The largest absolute Gasteiger partial charge is 0.336 e. The van der Waals surface area contributed by atoms with Gasteiger partial charge in [0.25, 0.3) is 0 Å². The van der Waals surface area contributed by atoms with Gasteiger partial charge in [-0.1, -0.05) is 0 Å². The highest BCUT2D eigenvalue weighted by Gasteiger charge is 2.45. The number of piperidine rings is 1. The van der Waals surface area contributed by atoms with E-state index in [0.29, 0.717) is 6.54 Å². The lowest BCUT2D eigenvalue weighted by molar-refractivity contribution is -0.134. The Morgan fingerprint density at radius 1 is 1.15 bits per heavy atom. The van der Waals surface area contributed by atoms with E-state index in [1.54, 1.807) is 0 Å². The van der Waals surface area contributed by atoms with E-state index in [4.69, 9.17) is 0 Å². The molecule has 0 saturated carbocycles. The maximum Gasteiger partial charge on any atom is 0.239 e. The molecule has 7 heteroatoms. The van der Waals surface area contributed by atoms with Crippen LogP contribution in [0.15, 0.2) is 0 Å². The van der Waals surface area contributed by atoms with E-state index in [9.17, 15) is 13.2 Å².